The first kappa shape index (κ1) is 21.6. The molecule has 0 spiro atoms. The lowest BCUT2D eigenvalue weighted by Crippen LogP contribution is -2.35. The van der Waals surface area contributed by atoms with Gasteiger partial charge in [-0.2, -0.15) is 0 Å². The lowest BCUT2D eigenvalue weighted by Gasteiger charge is -2.28. The van der Waals surface area contributed by atoms with Crippen molar-refractivity contribution >= 4 is 29.0 Å². The number of thiophene rings is 1. The van der Waals surface area contributed by atoms with Crippen LogP contribution in [0.15, 0.2) is 51.7 Å². The molecular weight excluding hydrogens is 432 g/mol. The molecule has 0 saturated heterocycles. The second-order valence-electron chi connectivity index (χ2n) is 7.21. The van der Waals surface area contributed by atoms with E-state index >= 15 is 0 Å². The van der Waals surface area contributed by atoms with Gasteiger partial charge in [-0.25, -0.2) is 4.98 Å². The van der Waals surface area contributed by atoms with Gasteiger partial charge < -0.3 is 15.0 Å². The average Bonchev–Trinajstić information content (AvgIpc) is 3.31. The first-order valence-electron chi connectivity index (χ1n) is 10.0. The summed E-state index contributed by atoms with van der Waals surface area (Å²) in [6.45, 7) is 2.59. The van der Waals surface area contributed by atoms with Gasteiger partial charge >= 0.3 is 0 Å². The molecule has 0 radical (unpaired) electrons. The molecule has 0 atom stereocenters. The molecule has 0 aliphatic carbocycles. The van der Waals surface area contributed by atoms with Gasteiger partial charge in [-0.3, -0.25) is 14.5 Å². The molecule has 0 bridgehead atoms. The molecule has 3 heterocycles. The highest BCUT2D eigenvalue weighted by Crippen LogP contribution is 2.23. The van der Waals surface area contributed by atoms with Gasteiger partial charge in [-0.1, -0.05) is 36.0 Å². The van der Waals surface area contributed by atoms with Crippen molar-refractivity contribution < 1.29 is 9.53 Å². The Kier molecular flexibility index (Phi) is 7.06. The first-order chi connectivity index (χ1) is 15.1. The van der Waals surface area contributed by atoms with Crippen LogP contribution in [-0.4, -0.2) is 40.2 Å². The highest BCUT2D eigenvalue weighted by Gasteiger charge is 2.22. The van der Waals surface area contributed by atoms with Gasteiger partial charge in [0.1, 0.15) is 5.75 Å². The van der Waals surface area contributed by atoms with Crippen LogP contribution in [-0.2, 0) is 30.8 Å². The van der Waals surface area contributed by atoms with E-state index in [9.17, 15) is 9.59 Å². The van der Waals surface area contributed by atoms with Gasteiger partial charge in [0, 0.05) is 36.5 Å². The maximum atomic E-state index is 12.7. The van der Waals surface area contributed by atoms with Crippen molar-refractivity contribution in [3.63, 3.8) is 0 Å². The predicted octanol–water partition coefficient (Wildman–Crippen LogP) is 2.81. The van der Waals surface area contributed by atoms with Crippen molar-refractivity contribution in [1.82, 2.24) is 20.2 Å². The van der Waals surface area contributed by atoms with E-state index in [1.54, 1.807) is 18.4 Å². The van der Waals surface area contributed by atoms with Crippen LogP contribution in [0.1, 0.15) is 21.7 Å². The van der Waals surface area contributed by atoms with Crippen LogP contribution in [0, 0.1) is 0 Å². The molecule has 2 N–H and O–H groups in total. The zero-order valence-electron chi connectivity index (χ0n) is 17.2. The third kappa shape index (κ3) is 5.55. The van der Waals surface area contributed by atoms with Crippen molar-refractivity contribution in [2.24, 2.45) is 0 Å². The minimum atomic E-state index is -0.128. The molecule has 0 unspecified atom stereocenters. The largest absolute Gasteiger partial charge is 0.496 e. The molecule has 9 heteroatoms. The Morgan fingerprint density at radius 2 is 2.19 bits per heavy atom. The summed E-state index contributed by atoms with van der Waals surface area (Å²) in [5, 5.41) is 5.36. The Morgan fingerprint density at radius 1 is 1.32 bits per heavy atom. The fourth-order valence-electron chi connectivity index (χ4n) is 3.52. The Bertz CT molecular complexity index is 1100. The van der Waals surface area contributed by atoms with Crippen LogP contribution >= 0.6 is 23.1 Å². The van der Waals surface area contributed by atoms with Crippen molar-refractivity contribution in [3.8, 4) is 5.75 Å². The smallest absolute Gasteiger partial charge is 0.256 e. The van der Waals surface area contributed by atoms with Crippen molar-refractivity contribution in [2.75, 3.05) is 19.4 Å². The van der Waals surface area contributed by atoms with E-state index < -0.39 is 0 Å². The maximum Gasteiger partial charge on any atom is 0.256 e. The number of H-pyrrole nitrogens is 1. The highest BCUT2D eigenvalue weighted by atomic mass is 32.2. The number of hydrogen-bond donors (Lipinski definition) is 2. The molecular formula is C22H24N4O3S2. The molecule has 4 rings (SSSR count). The number of nitrogens with zero attached hydrogens (tertiary/aromatic N) is 2. The SMILES string of the molecule is COc1ccccc1CN1CCc2nc(SCC(=O)NCc3cccs3)[nH]c(=O)c2C1. The van der Waals surface area contributed by atoms with Crippen molar-refractivity contribution in [1.29, 1.82) is 0 Å². The van der Waals surface area contributed by atoms with Gasteiger partial charge in [0.15, 0.2) is 5.16 Å². The third-order valence-corrected chi connectivity index (χ3v) is 6.84. The van der Waals surface area contributed by atoms with E-state index in [1.807, 2.05) is 41.8 Å². The van der Waals surface area contributed by atoms with Crippen LogP contribution in [0.3, 0.4) is 0 Å². The number of methoxy groups -OCH3 is 1. The van der Waals surface area contributed by atoms with Crippen LogP contribution in [0.5, 0.6) is 5.75 Å². The molecule has 3 aromatic rings. The lowest BCUT2D eigenvalue weighted by molar-refractivity contribution is -0.118. The summed E-state index contributed by atoms with van der Waals surface area (Å²) in [6.07, 6.45) is 0.701. The standard InChI is InChI=1S/C22H24N4O3S2/c1-29-19-7-3-2-5-15(19)12-26-9-8-18-17(13-26)21(28)25-22(24-18)31-14-20(27)23-11-16-6-4-10-30-16/h2-7,10H,8-9,11-14H2,1H3,(H,23,27)(H,24,25,28). The molecule has 162 valence electrons. The number of carbonyl (C=O) groups is 1. The summed E-state index contributed by atoms with van der Waals surface area (Å²) in [6, 6.07) is 11.9. The molecule has 2 aromatic heterocycles. The lowest BCUT2D eigenvalue weighted by atomic mass is 10.1. The summed E-state index contributed by atoms with van der Waals surface area (Å²) in [5.74, 6) is 0.985. The first-order valence-corrected chi connectivity index (χ1v) is 11.9. The average molecular weight is 457 g/mol. The van der Waals surface area contributed by atoms with Gasteiger partial charge in [-0.05, 0) is 17.5 Å². The van der Waals surface area contributed by atoms with Crippen LogP contribution in [0.25, 0.3) is 0 Å². The summed E-state index contributed by atoms with van der Waals surface area (Å²) in [4.78, 5) is 35.5. The summed E-state index contributed by atoms with van der Waals surface area (Å²) in [7, 11) is 1.67. The third-order valence-electron chi connectivity index (χ3n) is 5.09. The fourth-order valence-corrected chi connectivity index (χ4v) is 4.87. The number of amides is 1. The van der Waals surface area contributed by atoms with E-state index in [4.69, 9.17) is 4.74 Å². The Labute approximate surface area is 188 Å². The van der Waals surface area contributed by atoms with Crippen LogP contribution in [0.2, 0.25) is 0 Å². The molecule has 1 amide bonds. The number of fused-ring (bicyclic) bond motifs is 1. The number of rotatable bonds is 8. The molecule has 1 aromatic carbocycles. The number of ether oxygens (including phenoxy) is 1. The van der Waals surface area contributed by atoms with Gasteiger partial charge in [0.2, 0.25) is 5.91 Å². The number of para-hydroxylation sites is 1. The van der Waals surface area contributed by atoms with Gasteiger partial charge in [0.25, 0.3) is 5.56 Å². The minimum Gasteiger partial charge on any atom is -0.496 e. The number of hydrogen-bond acceptors (Lipinski definition) is 7. The number of carbonyl (C=O) groups excluding carboxylic acids is 1. The van der Waals surface area contributed by atoms with E-state index in [-0.39, 0.29) is 17.2 Å². The Morgan fingerprint density at radius 3 is 3.00 bits per heavy atom. The second kappa shape index (κ2) is 10.1. The molecule has 0 saturated carbocycles. The van der Waals surface area contributed by atoms with Gasteiger partial charge in [0.05, 0.1) is 30.7 Å². The fraction of sp³-hybridized carbons (Fsp3) is 0.318. The Hall–Kier alpha value is -2.62. The molecule has 0 fully saturated rings. The number of thioether (sulfide) groups is 1. The molecule has 1 aliphatic heterocycles. The topological polar surface area (TPSA) is 87.3 Å². The normalized spacial score (nSPS) is 13.6. The van der Waals surface area contributed by atoms with E-state index in [0.717, 1.165) is 28.4 Å². The molecule has 7 nitrogen and oxygen atoms in total. The molecule has 1 aliphatic rings. The zero-order valence-corrected chi connectivity index (χ0v) is 18.9. The second-order valence-corrected chi connectivity index (χ2v) is 9.21. The predicted molar refractivity (Wildman–Crippen MR) is 123 cm³/mol. The van der Waals surface area contributed by atoms with Crippen LogP contribution in [0.4, 0.5) is 0 Å². The maximum absolute atomic E-state index is 12.7. The summed E-state index contributed by atoms with van der Waals surface area (Å²) < 4.78 is 5.44. The highest BCUT2D eigenvalue weighted by molar-refractivity contribution is 7.99. The van der Waals surface area contributed by atoms with Gasteiger partial charge in [-0.15, -0.1) is 11.3 Å². The number of benzene rings is 1. The monoisotopic (exact) mass is 456 g/mol. The zero-order chi connectivity index (χ0) is 21.6. The quantitative estimate of drug-likeness (QED) is 0.400. The van der Waals surface area contributed by atoms with Crippen molar-refractivity contribution in [3.05, 3.63) is 73.8 Å². The van der Waals surface area contributed by atoms with E-state index in [1.165, 1.54) is 11.8 Å². The minimum absolute atomic E-state index is 0.0817. The summed E-state index contributed by atoms with van der Waals surface area (Å²) >= 11 is 2.86. The molecule has 31 heavy (non-hydrogen) atoms. The van der Waals surface area contributed by atoms with E-state index in [0.29, 0.717) is 36.8 Å². The van der Waals surface area contributed by atoms with Crippen LogP contribution < -0.4 is 15.6 Å². The Balaban J connectivity index is 1.35. The summed E-state index contributed by atoms with van der Waals surface area (Å²) in [5.41, 5.74) is 2.49. The van der Waals surface area contributed by atoms with Crippen molar-refractivity contribution in [2.45, 2.75) is 31.2 Å². The number of aromatic nitrogens is 2. The number of nitrogens with one attached hydrogen (secondary N) is 2. The number of aromatic amines is 1. The van der Waals surface area contributed by atoms with E-state index in [2.05, 4.69) is 20.2 Å².